The second-order valence-electron chi connectivity index (χ2n) is 9.57. The fraction of sp³-hybridized carbons (Fsp3) is 0.121. The van der Waals surface area contributed by atoms with Crippen LogP contribution in [-0.2, 0) is 9.59 Å². The summed E-state index contributed by atoms with van der Waals surface area (Å²) in [5, 5.41) is 9.25. The Bertz CT molecular complexity index is 1710. The van der Waals surface area contributed by atoms with Crippen LogP contribution in [0, 0.1) is 6.92 Å². The summed E-state index contributed by atoms with van der Waals surface area (Å²) in [6, 6.07) is 23.8. The topological polar surface area (TPSA) is 96.5 Å². The van der Waals surface area contributed by atoms with Crippen molar-refractivity contribution in [1.82, 2.24) is 5.32 Å². The van der Waals surface area contributed by atoms with Gasteiger partial charge in [-0.3, -0.25) is 14.4 Å². The molecule has 0 aromatic heterocycles. The Morgan fingerprint density at radius 2 is 1.57 bits per heavy atom. The van der Waals surface area contributed by atoms with Crippen molar-refractivity contribution >= 4 is 81.7 Å². The first-order valence-electron chi connectivity index (χ1n) is 13.3. The minimum Gasteiger partial charge on any atom is -0.495 e. The number of ether oxygens (including phenoxy) is 1. The van der Waals surface area contributed by atoms with Crippen LogP contribution < -0.4 is 20.7 Å². The zero-order chi connectivity index (χ0) is 31.8. The van der Waals surface area contributed by atoms with Crippen LogP contribution in [0.3, 0.4) is 0 Å². The molecule has 4 aromatic carbocycles. The molecule has 4 aromatic rings. The molecule has 4 rings (SSSR count). The molecular formula is C33H28Cl3N3O4S. The first-order chi connectivity index (χ1) is 21.0. The summed E-state index contributed by atoms with van der Waals surface area (Å²) in [5.41, 5.74) is 2.71. The van der Waals surface area contributed by atoms with Crippen molar-refractivity contribution in [2.75, 3.05) is 17.7 Å². The molecule has 44 heavy (non-hydrogen) atoms. The standard InChI is InChI=1S/C33H28Cl3N3O4S/c1-19-15-28(30(43-3)18-26(19)35)38-31(40)20(2)44-25-13-11-24(12-14-25)37-33(42)29(16-22-9-10-23(34)17-27(22)36)39-32(41)21-7-5-4-6-8-21/h4-18,20H,1-3H3,(H,37,42)(H,38,40)(H,39,41)/b29-16-. The molecule has 0 bridgehead atoms. The van der Waals surface area contributed by atoms with E-state index in [0.29, 0.717) is 43.3 Å². The predicted octanol–water partition coefficient (Wildman–Crippen LogP) is 8.49. The van der Waals surface area contributed by atoms with Crippen LogP contribution >= 0.6 is 46.6 Å². The Kier molecular flexibility index (Phi) is 11.4. The van der Waals surface area contributed by atoms with Crippen LogP contribution in [-0.4, -0.2) is 30.1 Å². The van der Waals surface area contributed by atoms with Gasteiger partial charge in [-0.15, -0.1) is 11.8 Å². The van der Waals surface area contributed by atoms with Crippen LogP contribution in [0.1, 0.15) is 28.4 Å². The van der Waals surface area contributed by atoms with E-state index in [2.05, 4.69) is 16.0 Å². The van der Waals surface area contributed by atoms with Crippen LogP contribution in [0.15, 0.2) is 95.5 Å². The van der Waals surface area contributed by atoms with Crippen LogP contribution in [0.4, 0.5) is 11.4 Å². The third kappa shape index (κ3) is 8.80. The highest BCUT2D eigenvalue weighted by atomic mass is 35.5. The minimum atomic E-state index is -0.555. The van der Waals surface area contributed by atoms with Gasteiger partial charge in [-0.2, -0.15) is 0 Å². The molecule has 7 nitrogen and oxygen atoms in total. The molecule has 1 unspecified atom stereocenters. The number of hydrogen-bond acceptors (Lipinski definition) is 5. The van der Waals surface area contributed by atoms with Gasteiger partial charge < -0.3 is 20.7 Å². The summed E-state index contributed by atoms with van der Waals surface area (Å²) >= 11 is 19.9. The van der Waals surface area contributed by atoms with E-state index in [1.165, 1.54) is 24.9 Å². The quantitative estimate of drug-likeness (QED) is 0.116. The van der Waals surface area contributed by atoms with E-state index in [1.807, 2.05) is 6.92 Å². The van der Waals surface area contributed by atoms with Crippen molar-refractivity contribution in [3.63, 3.8) is 0 Å². The van der Waals surface area contributed by atoms with Crippen LogP contribution in [0.25, 0.3) is 6.08 Å². The van der Waals surface area contributed by atoms with Crippen molar-refractivity contribution in [3.05, 3.63) is 122 Å². The number of thioether (sulfide) groups is 1. The molecule has 0 saturated carbocycles. The molecule has 11 heteroatoms. The summed E-state index contributed by atoms with van der Waals surface area (Å²) in [6.07, 6.45) is 1.48. The monoisotopic (exact) mass is 667 g/mol. The molecule has 0 fully saturated rings. The molecule has 0 heterocycles. The molecular weight excluding hydrogens is 641 g/mol. The fourth-order valence-corrected chi connectivity index (χ4v) is 5.44. The molecule has 0 saturated heterocycles. The maximum atomic E-state index is 13.3. The van der Waals surface area contributed by atoms with E-state index in [9.17, 15) is 14.4 Å². The van der Waals surface area contributed by atoms with Gasteiger partial charge in [-0.1, -0.05) is 59.1 Å². The van der Waals surface area contributed by atoms with Crippen molar-refractivity contribution < 1.29 is 19.1 Å². The van der Waals surface area contributed by atoms with Crippen molar-refractivity contribution in [2.24, 2.45) is 0 Å². The van der Waals surface area contributed by atoms with Gasteiger partial charge in [0, 0.05) is 37.3 Å². The average molecular weight is 669 g/mol. The smallest absolute Gasteiger partial charge is 0.272 e. The molecule has 3 N–H and O–H groups in total. The van der Waals surface area contributed by atoms with Gasteiger partial charge in [-0.25, -0.2) is 0 Å². The van der Waals surface area contributed by atoms with E-state index in [4.69, 9.17) is 39.5 Å². The minimum absolute atomic E-state index is 0.0142. The average Bonchev–Trinajstić information content (AvgIpc) is 3.01. The van der Waals surface area contributed by atoms with E-state index < -0.39 is 17.1 Å². The second-order valence-corrected chi connectivity index (χ2v) is 12.2. The van der Waals surface area contributed by atoms with E-state index >= 15 is 0 Å². The number of halogens is 3. The van der Waals surface area contributed by atoms with Gasteiger partial charge in [0.05, 0.1) is 18.0 Å². The van der Waals surface area contributed by atoms with Gasteiger partial charge in [0.2, 0.25) is 5.91 Å². The van der Waals surface area contributed by atoms with E-state index in [-0.39, 0.29) is 11.6 Å². The highest BCUT2D eigenvalue weighted by molar-refractivity contribution is 8.00. The molecule has 0 aliphatic rings. The number of aryl methyl sites for hydroxylation is 1. The Balaban J connectivity index is 1.45. The summed E-state index contributed by atoms with van der Waals surface area (Å²) in [4.78, 5) is 40.0. The third-order valence-electron chi connectivity index (χ3n) is 6.32. The lowest BCUT2D eigenvalue weighted by atomic mass is 10.1. The van der Waals surface area contributed by atoms with Gasteiger partial charge in [0.1, 0.15) is 11.4 Å². The lowest BCUT2D eigenvalue weighted by Gasteiger charge is -2.16. The molecule has 226 valence electrons. The molecule has 1 atom stereocenters. The van der Waals surface area contributed by atoms with Crippen LogP contribution in [0.2, 0.25) is 15.1 Å². The zero-order valence-corrected chi connectivity index (χ0v) is 27.0. The maximum Gasteiger partial charge on any atom is 0.272 e. The summed E-state index contributed by atoms with van der Waals surface area (Å²) in [7, 11) is 1.51. The summed E-state index contributed by atoms with van der Waals surface area (Å²) in [5.74, 6) is -0.752. The number of nitrogens with one attached hydrogen (secondary N) is 3. The Labute approximate surface area is 274 Å². The van der Waals surface area contributed by atoms with Crippen molar-refractivity contribution in [3.8, 4) is 5.75 Å². The Morgan fingerprint density at radius 3 is 2.23 bits per heavy atom. The first-order valence-corrected chi connectivity index (χ1v) is 15.3. The SMILES string of the molecule is COc1cc(Cl)c(C)cc1NC(=O)C(C)Sc1ccc(NC(=O)/C(=C/c2ccc(Cl)cc2Cl)NC(=O)c2ccccc2)cc1. The normalized spacial score (nSPS) is 11.8. The summed E-state index contributed by atoms with van der Waals surface area (Å²) in [6.45, 7) is 3.64. The molecule has 0 aliphatic heterocycles. The second kappa shape index (κ2) is 15.2. The lowest BCUT2D eigenvalue weighted by Crippen LogP contribution is -2.30. The van der Waals surface area contributed by atoms with E-state index in [0.717, 1.165) is 10.5 Å². The molecule has 0 radical (unpaired) electrons. The molecule has 0 spiro atoms. The van der Waals surface area contributed by atoms with Gasteiger partial charge in [-0.05, 0) is 85.6 Å². The first kappa shape index (κ1) is 33.0. The zero-order valence-electron chi connectivity index (χ0n) is 23.9. The van der Waals surface area contributed by atoms with Crippen molar-refractivity contribution in [2.45, 2.75) is 24.0 Å². The van der Waals surface area contributed by atoms with Crippen molar-refractivity contribution in [1.29, 1.82) is 0 Å². The summed E-state index contributed by atoms with van der Waals surface area (Å²) < 4.78 is 5.35. The van der Waals surface area contributed by atoms with Gasteiger partial charge in [0.15, 0.2) is 0 Å². The third-order valence-corrected chi connectivity index (χ3v) is 8.41. The Morgan fingerprint density at radius 1 is 0.864 bits per heavy atom. The number of benzene rings is 4. The number of carbonyl (C=O) groups excluding carboxylic acids is 3. The number of carbonyl (C=O) groups is 3. The highest BCUT2D eigenvalue weighted by Gasteiger charge is 2.19. The lowest BCUT2D eigenvalue weighted by molar-refractivity contribution is -0.115. The number of rotatable bonds is 10. The van der Waals surface area contributed by atoms with Gasteiger partial charge in [0.25, 0.3) is 11.8 Å². The Hall–Kier alpha value is -3.95. The van der Waals surface area contributed by atoms with E-state index in [1.54, 1.807) is 91.9 Å². The maximum absolute atomic E-state index is 13.3. The van der Waals surface area contributed by atoms with Crippen LogP contribution in [0.5, 0.6) is 5.75 Å². The van der Waals surface area contributed by atoms with Gasteiger partial charge >= 0.3 is 0 Å². The largest absolute Gasteiger partial charge is 0.495 e. The fourth-order valence-electron chi connectivity index (χ4n) is 3.95. The highest BCUT2D eigenvalue weighted by Crippen LogP contribution is 2.32. The predicted molar refractivity (Wildman–Crippen MR) is 180 cm³/mol. The number of methoxy groups -OCH3 is 1. The molecule has 0 aliphatic carbocycles. The number of anilines is 2. The number of hydrogen-bond donors (Lipinski definition) is 3. The number of amides is 3. The molecule has 3 amide bonds.